The Hall–Kier alpha value is -1.78. The summed E-state index contributed by atoms with van der Waals surface area (Å²) in [6, 6.07) is 0.0264. The van der Waals surface area contributed by atoms with Crippen LogP contribution in [0.3, 0.4) is 0 Å². The molecule has 2 heterocycles. The summed E-state index contributed by atoms with van der Waals surface area (Å²) < 4.78 is 0. The average molecular weight is 386 g/mol. The van der Waals surface area contributed by atoms with Crippen molar-refractivity contribution in [1.82, 2.24) is 15.1 Å². The summed E-state index contributed by atoms with van der Waals surface area (Å²) in [4.78, 5) is 29.2. The summed E-state index contributed by atoms with van der Waals surface area (Å²) in [5, 5.41) is 3.05. The van der Waals surface area contributed by atoms with Crippen molar-refractivity contribution >= 4 is 11.9 Å². The predicted molar refractivity (Wildman–Crippen MR) is 111 cm³/mol. The summed E-state index contributed by atoms with van der Waals surface area (Å²) in [6.07, 6.45) is 16.7. The van der Waals surface area contributed by atoms with E-state index in [4.69, 9.17) is 0 Å². The van der Waals surface area contributed by atoms with E-state index in [0.29, 0.717) is 18.9 Å². The lowest BCUT2D eigenvalue weighted by Gasteiger charge is -2.38. The summed E-state index contributed by atoms with van der Waals surface area (Å²) in [5.41, 5.74) is 2.73. The number of rotatable bonds is 4. The molecule has 0 aromatic rings. The lowest BCUT2D eigenvalue weighted by molar-refractivity contribution is -0.131. The number of hydrogen-bond acceptors (Lipinski definition) is 2. The van der Waals surface area contributed by atoms with Crippen LogP contribution in [-0.2, 0) is 4.79 Å². The van der Waals surface area contributed by atoms with Gasteiger partial charge in [0.05, 0.1) is 0 Å². The number of amides is 3. The first-order chi connectivity index (χ1) is 13.7. The van der Waals surface area contributed by atoms with E-state index < -0.39 is 0 Å². The highest BCUT2D eigenvalue weighted by atomic mass is 16.2. The molecule has 1 N–H and O–H groups in total. The number of hydrogen-bond donors (Lipinski definition) is 1. The number of fused-ring (bicyclic) bond motifs is 2. The molecule has 0 aromatic carbocycles. The van der Waals surface area contributed by atoms with Crippen molar-refractivity contribution in [3.63, 3.8) is 0 Å². The lowest BCUT2D eigenvalue weighted by atomic mass is 9.82. The largest absolute Gasteiger partial charge is 0.339 e. The minimum Gasteiger partial charge on any atom is -0.339 e. The van der Waals surface area contributed by atoms with Gasteiger partial charge in [-0.2, -0.15) is 0 Å². The molecular formula is C23H35N3O2. The second-order valence-corrected chi connectivity index (χ2v) is 8.90. The molecule has 154 valence electrons. The third-order valence-corrected chi connectivity index (χ3v) is 7.02. The molecule has 0 aromatic heterocycles. The smallest absolute Gasteiger partial charge is 0.321 e. The predicted octanol–water partition coefficient (Wildman–Crippen LogP) is 4.21. The van der Waals surface area contributed by atoms with Crippen molar-refractivity contribution in [2.75, 3.05) is 26.2 Å². The fourth-order valence-corrected chi connectivity index (χ4v) is 5.43. The van der Waals surface area contributed by atoms with Gasteiger partial charge in [-0.05, 0) is 76.0 Å². The van der Waals surface area contributed by atoms with Gasteiger partial charge in [0, 0.05) is 38.3 Å². The molecule has 0 spiro atoms. The maximum absolute atomic E-state index is 12.6. The van der Waals surface area contributed by atoms with Gasteiger partial charge >= 0.3 is 6.03 Å². The second kappa shape index (κ2) is 9.15. The van der Waals surface area contributed by atoms with Crippen LogP contribution in [0.1, 0.15) is 70.6 Å². The van der Waals surface area contributed by atoms with Gasteiger partial charge in [-0.3, -0.25) is 9.69 Å². The molecule has 2 unspecified atom stereocenters. The lowest BCUT2D eigenvalue weighted by Crippen LogP contribution is -2.45. The fourth-order valence-electron chi connectivity index (χ4n) is 5.43. The van der Waals surface area contributed by atoms with Crippen molar-refractivity contribution in [3.05, 3.63) is 23.4 Å². The fraction of sp³-hybridized carbons (Fsp3) is 0.739. The molecule has 28 heavy (non-hydrogen) atoms. The highest BCUT2D eigenvalue weighted by Crippen LogP contribution is 2.35. The number of allylic oxidation sites excluding steroid dienone is 3. The summed E-state index contributed by atoms with van der Waals surface area (Å²) >= 11 is 0. The summed E-state index contributed by atoms with van der Waals surface area (Å²) in [6.45, 7) is 3.14. The molecule has 0 saturated carbocycles. The van der Waals surface area contributed by atoms with Gasteiger partial charge in [-0.15, -0.1) is 0 Å². The number of carbonyl (C=O) groups is 2. The van der Waals surface area contributed by atoms with E-state index in [-0.39, 0.29) is 11.9 Å². The third-order valence-electron chi connectivity index (χ3n) is 7.02. The van der Waals surface area contributed by atoms with Crippen LogP contribution < -0.4 is 5.32 Å². The number of piperidine rings is 2. The Kier molecular flexibility index (Phi) is 6.38. The van der Waals surface area contributed by atoms with E-state index in [1.54, 1.807) is 0 Å². The Labute approximate surface area is 169 Å². The normalized spacial score (nSPS) is 27.3. The maximum atomic E-state index is 12.6. The number of likely N-dealkylation sites (tertiary alicyclic amines) is 2. The van der Waals surface area contributed by atoms with Crippen LogP contribution in [0.4, 0.5) is 4.79 Å². The molecule has 3 amide bonds. The summed E-state index contributed by atoms with van der Waals surface area (Å²) in [7, 11) is 0. The van der Waals surface area contributed by atoms with Crippen LogP contribution in [0.2, 0.25) is 0 Å². The van der Waals surface area contributed by atoms with E-state index in [2.05, 4.69) is 17.5 Å². The van der Waals surface area contributed by atoms with Crippen LogP contribution >= 0.6 is 0 Å². The van der Waals surface area contributed by atoms with Crippen LogP contribution in [0, 0.1) is 11.8 Å². The Bertz CT molecular complexity index is 654. The Morgan fingerprint density at radius 1 is 0.964 bits per heavy atom. The highest BCUT2D eigenvalue weighted by molar-refractivity contribution is 5.78. The first kappa shape index (κ1) is 19.5. The minimum atomic E-state index is 0.0264. The minimum absolute atomic E-state index is 0.0264. The van der Waals surface area contributed by atoms with Crippen LogP contribution in [0.25, 0.3) is 0 Å². The molecule has 5 nitrogen and oxygen atoms in total. The van der Waals surface area contributed by atoms with Gasteiger partial charge in [-0.1, -0.05) is 17.7 Å². The third kappa shape index (κ3) is 4.44. The van der Waals surface area contributed by atoms with E-state index in [1.165, 1.54) is 49.8 Å². The standard InChI is InChI=1S/C23H35N3O2/c27-22(25-16-13-18-7-1-2-9-20(18)17-25)12-5-14-24-23(28)26-15-6-10-19-8-3-4-11-21(19)26/h9,11,18-19H,1-8,10,12-17H2,(H,24,28). The molecule has 2 aliphatic carbocycles. The zero-order valence-electron chi connectivity index (χ0n) is 17.1. The number of nitrogens with one attached hydrogen (secondary N) is 1. The van der Waals surface area contributed by atoms with Crippen molar-refractivity contribution in [3.8, 4) is 0 Å². The molecular weight excluding hydrogens is 350 g/mol. The van der Waals surface area contributed by atoms with Gasteiger partial charge in [-0.25, -0.2) is 4.79 Å². The molecule has 2 fully saturated rings. The van der Waals surface area contributed by atoms with E-state index in [0.717, 1.165) is 51.2 Å². The van der Waals surface area contributed by atoms with Crippen molar-refractivity contribution < 1.29 is 9.59 Å². The van der Waals surface area contributed by atoms with Gasteiger partial charge in [0.15, 0.2) is 0 Å². The Morgan fingerprint density at radius 2 is 1.75 bits per heavy atom. The summed E-state index contributed by atoms with van der Waals surface area (Å²) in [5.74, 6) is 1.54. The molecule has 4 rings (SSSR count). The van der Waals surface area contributed by atoms with Crippen molar-refractivity contribution in [2.45, 2.75) is 70.6 Å². The Balaban J connectivity index is 1.19. The first-order valence-corrected chi connectivity index (χ1v) is 11.4. The van der Waals surface area contributed by atoms with Gasteiger partial charge in [0.1, 0.15) is 0 Å². The average Bonchev–Trinajstić information content (AvgIpc) is 2.75. The second-order valence-electron chi connectivity index (χ2n) is 8.90. The van der Waals surface area contributed by atoms with E-state index >= 15 is 0 Å². The monoisotopic (exact) mass is 385 g/mol. The number of carbonyl (C=O) groups excluding carboxylic acids is 2. The van der Waals surface area contributed by atoms with Crippen molar-refractivity contribution in [1.29, 1.82) is 0 Å². The van der Waals surface area contributed by atoms with E-state index in [9.17, 15) is 9.59 Å². The zero-order chi connectivity index (χ0) is 19.3. The molecule has 4 aliphatic rings. The molecule has 2 atom stereocenters. The first-order valence-electron chi connectivity index (χ1n) is 11.4. The molecule has 2 aliphatic heterocycles. The topological polar surface area (TPSA) is 52.7 Å². The number of nitrogens with zero attached hydrogens (tertiary/aromatic N) is 2. The van der Waals surface area contributed by atoms with Crippen molar-refractivity contribution in [2.24, 2.45) is 11.8 Å². The zero-order valence-corrected chi connectivity index (χ0v) is 17.1. The van der Waals surface area contributed by atoms with Crippen LogP contribution in [-0.4, -0.2) is 47.9 Å². The molecule has 2 saturated heterocycles. The van der Waals surface area contributed by atoms with Gasteiger partial charge < -0.3 is 10.2 Å². The Morgan fingerprint density at radius 3 is 2.64 bits per heavy atom. The highest BCUT2D eigenvalue weighted by Gasteiger charge is 2.30. The molecule has 5 heteroatoms. The van der Waals surface area contributed by atoms with Gasteiger partial charge in [0.2, 0.25) is 5.91 Å². The SMILES string of the molecule is O=C(CCCNC(=O)N1CCCC2CCCC=C21)N1CCC2CCCC=C2C1. The quantitative estimate of drug-likeness (QED) is 0.582. The van der Waals surface area contributed by atoms with Gasteiger partial charge in [0.25, 0.3) is 0 Å². The number of urea groups is 1. The van der Waals surface area contributed by atoms with E-state index in [1.807, 2.05) is 9.80 Å². The molecule has 0 radical (unpaired) electrons. The van der Waals surface area contributed by atoms with Crippen LogP contribution in [0.5, 0.6) is 0 Å². The van der Waals surface area contributed by atoms with Crippen LogP contribution in [0.15, 0.2) is 23.4 Å². The maximum Gasteiger partial charge on any atom is 0.321 e. The molecule has 0 bridgehead atoms.